The molecule has 1 aromatic carbocycles. The maximum absolute atomic E-state index is 13.8. The number of hydrogen-bond acceptors (Lipinski definition) is 2. The molecule has 0 radical (unpaired) electrons. The average Bonchev–Trinajstić information content (AvgIpc) is 2.67. The van der Waals surface area contributed by atoms with Crippen molar-refractivity contribution in [2.45, 2.75) is 38.8 Å². The minimum Gasteiger partial charge on any atom is -0.323 e. The largest absolute Gasteiger partial charge is 0.325 e. The zero-order valence-electron chi connectivity index (χ0n) is 11.4. The molecule has 1 aliphatic heterocycles. The number of rotatable bonds is 4. The lowest BCUT2D eigenvalue weighted by molar-refractivity contribution is -0.132. The minimum atomic E-state index is -0.880. The molecule has 0 aromatic heterocycles. The Morgan fingerprint density at radius 2 is 1.95 bits per heavy atom. The Kier molecular flexibility index (Phi) is 3.99. The van der Waals surface area contributed by atoms with Crippen LogP contribution in [0, 0.1) is 5.82 Å². The Morgan fingerprint density at radius 1 is 1.30 bits per heavy atom. The summed E-state index contributed by atoms with van der Waals surface area (Å²) in [4.78, 5) is 25.4. The quantitative estimate of drug-likeness (QED) is 0.868. The molecule has 1 aromatic rings. The molecule has 1 aliphatic rings. The van der Waals surface area contributed by atoms with Gasteiger partial charge in [0.25, 0.3) is 5.91 Å². The van der Waals surface area contributed by atoms with Gasteiger partial charge in [-0.2, -0.15) is 0 Å². The molecule has 2 rings (SSSR count). The van der Waals surface area contributed by atoms with Crippen molar-refractivity contribution in [1.82, 2.24) is 10.2 Å². The molecule has 3 amide bonds. The summed E-state index contributed by atoms with van der Waals surface area (Å²) in [7, 11) is 0. The first-order valence-electron chi connectivity index (χ1n) is 6.52. The minimum absolute atomic E-state index is 0.153. The highest BCUT2D eigenvalue weighted by molar-refractivity contribution is 6.31. The van der Waals surface area contributed by atoms with Gasteiger partial charge < -0.3 is 5.32 Å². The zero-order valence-corrected chi connectivity index (χ0v) is 12.1. The highest BCUT2D eigenvalue weighted by atomic mass is 35.5. The van der Waals surface area contributed by atoms with Crippen LogP contribution >= 0.6 is 11.6 Å². The predicted molar refractivity (Wildman–Crippen MR) is 73.8 cm³/mol. The number of amides is 3. The van der Waals surface area contributed by atoms with E-state index in [9.17, 15) is 14.0 Å². The SMILES string of the molecule is CCC1(CC)NC(=O)N(Cc2c(F)cccc2Cl)C1=O. The normalized spacial score (nSPS) is 17.5. The van der Waals surface area contributed by atoms with E-state index in [4.69, 9.17) is 11.6 Å². The van der Waals surface area contributed by atoms with Gasteiger partial charge in [0.1, 0.15) is 11.4 Å². The molecule has 0 unspecified atom stereocenters. The molecular weight excluding hydrogens is 283 g/mol. The standard InChI is InChI=1S/C14H16ClFN2O2/c1-3-14(4-2)12(19)18(13(20)17-14)8-9-10(15)6-5-7-11(9)16/h5-7H,3-4,8H2,1-2H3,(H,17,20). The number of hydrogen-bond donors (Lipinski definition) is 1. The molecule has 6 heteroatoms. The van der Waals surface area contributed by atoms with E-state index in [-0.39, 0.29) is 23.0 Å². The summed E-state index contributed by atoms with van der Waals surface area (Å²) >= 11 is 5.93. The van der Waals surface area contributed by atoms with Crippen LogP contribution in [0.3, 0.4) is 0 Å². The Morgan fingerprint density at radius 3 is 2.45 bits per heavy atom. The number of benzene rings is 1. The maximum Gasteiger partial charge on any atom is 0.325 e. The fraction of sp³-hybridized carbons (Fsp3) is 0.429. The Bertz CT molecular complexity index is 538. The first kappa shape index (κ1) is 14.8. The van der Waals surface area contributed by atoms with E-state index in [1.54, 1.807) is 0 Å². The van der Waals surface area contributed by atoms with Crippen molar-refractivity contribution >= 4 is 23.5 Å². The van der Waals surface area contributed by atoms with Crippen LogP contribution < -0.4 is 5.32 Å². The van der Waals surface area contributed by atoms with Crippen molar-refractivity contribution in [2.24, 2.45) is 0 Å². The van der Waals surface area contributed by atoms with Gasteiger partial charge in [0.15, 0.2) is 0 Å². The number of nitrogens with one attached hydrogen (secondary N) is 1. The van der Waals surface area contributed by atoms with Gasteiger partial charge in [-0.05, 0) is 25.0 Å². The van der Waals surface area contributed by atoms with Crippen LogP contribution in [-0.2, 0) is 11.3 Å². The number of urea groups is 1. The molecular formula is C14H16ClFN2O2. The van der Waals surface area contributed by atoms with Crippen molar-refractivity contribution < 1.29 is 14.0 Å². The van der Waals surface area contributed by atoms with Crippen molar-refractivity contribution in [1.29, 1.82) is 0 Å². The molecule has 0 spiro atoms. The molecule has 0 bridgehead atoms. The summed E-state index contributed by atoms with van der Waals surface area (Å²) in [6.45, 7) is 3.51. The molecule has 1 fully saturated rings. The van der Waals surface area contributed by atoms with E-state index >= 15 is 0 Å². The Hall–Kier alpha value is -1.62. The van der Waals surface area contributed by atoms with E-state index in [1.165, 1.54) is 18.2 Å². The number of carbonyl (C=O) groups is 2. The number of imide groups is 1. The van der Waals surface area contributed by atoms with Gasteiger partial charge in [-0.25, -0.2) is 9.18 Å². The second kappa shape index (κ2) is 5.40. The van der Waals surface area contributed by atoms with Crippen molar-refractivity contribution in [3.63, 3.8) is 0 Å². The molecule has 108 valence electrons. The van der Waals surface area contributed by atoms with Gasteiger partial charge in [0, 0.05) is 10.6 Å². The van der Waals surface area contributed by atoms with E-state index in [2.05, 4.69) is 5.32 Å². The fourth-order valence-electron chi connectivity index (χ4n) is 2.39. The predicted octanol–water partition coefficient (Wildman–Crippen LogP) is 3.09. The Balaban J connectivity index is 2.31. The van der Waals surface area contributed by atoms with Gasteiger partial charge in [-0.3, -0.25) is 9.69 Å². The lowest BCUT2D eigenvalue weighted by Crippen LogP contribution is -2.45. The molecule has 0 saturated carbocycles. The monoisotopic (exact) mass is 298 g/mol. The van der Waals surface area contributed by atoms with Crippen LogP contribution in [0.2, 0.25) is 5.02 Å². The lowest BCUT2D eigenvalue weighted by atomic mass is 9.93. The summed E-state index contributed by atoms with van der Waals surface area (Å²) in [5.41, 5.74) is -0.727. The summed E-state index contributed by atoms with van der Waals surface area (Å²) < 4.78 is 13.8. The first-order valence-corrected chi connectivity index (χ1v) is 6.90. The van der Waals surface area contributed by atoms with Crippen LogP contribution in [0.1, 0.15) is 32.3 Å². The van der Waals surface area contributed by atoms with Crippen molar-refractivity contribution in [3.05, 3.63) is 34.6 Å². The van der Waals surface area contributed by atoms with Crippen LogP contribution in [0.4, 0.5) is 9.18 Å². The molecule has 20 heavy (non-hydrogen) atoms. The third-order valence-corrected chi connectivity index (χ3v) is 4.19. The Labute approximate surface area is 121 Å². The van der Waals surface area contributed by atoms with Gasteiger partial charge in [0.05, 0.1) is 6.54 Å². The van der Waals surface area contributed by atoms with Gasteiger partial charge >= 0.3 is 6.03 Å². The number of halogens is 2. The molecule has 0 atom stereocenters. The highest BCUT2D eigenvalue weighted by Gasteiger charge is 2.48. The fourth-order valence-corrected chi connectivity index (χ4v) is 2.61. The van der Waals surface area contributed by atoms with Crippen LogP contribution in [-0.4, -0.2) is 22.4 Å². The zero-order chi connectivity index (χ0) is 14.9. The first-order chi connectivity index (χ1) is 9.45. The van der Waals surface area contributed by atoms with Crippen LogP contribution in [0.5, 0.6) is 0 Å². The van der Waals surface area contributed by atoms with E-state index in [1.807, 2.05) is 13.8 Å². The molecule has 1 heterocycles. The summed E-state index contributed by atoms with van der Waals surface area (Å²) in [6, 6.07) is 3.77. The summed E-state index contributed by atoms with van der Waals surface area (Å²) in [5.74, 6) is -0.851. The highest BCUT2D eigenvalue weighted by Crippen LogP contribution is 2.28. The smallest absolute Gasteiger partial charge is 0.323 e. The second-order valence-corrected chi connectivity index (χ2v) is 5.22. The van der Waals surface area contributed by atoms with Crippen molar-refractivity contribution in [2.75, 3.05) is 0 Å². The molecule has 1 N–H and O–H groups in total. The third kappa shape index (κ3) is 2.26. The van der Waals surface area contributed by atoms with Crippen LogP contribution in [0.15, 0.2) is 18.2 Å². The van der Waals surface area contributed by atoms with E-state index < -0.39 is 17.4 Å². The van der Waals surface area contributed by atoms with Gasteiger partial charge in [-0.15, -0.1) is 0 Å². The molecule has 1 saturated heterocycles. The number of nitrogens with zero attached hydrogens (tertiary/aromatic N) is 1. The van der Waals surface area contributed by atoms with E-state index in [0.717, 1.165) is 4.90 Å². The summed E-state index contributed by atoms with van der Waals surface area (Å²) in [5, 5.41) is 2.90. The van der Waals surface area contributed by atoms with E-state index in [0.29, 0.717) is 12.8 Å². The van der Waals surface area contributed by atoms with Crippen molar-refractivity contribution in [3.8, 4) is 0 Å². The maximum atomic E-state index is 13.8. The van der Waals surface area contributed by atoms with Gasteiger partial charge in [0.2, 0.25) is 0 Å². The topological polar surface area (TPSA) is 49.4 Å². The number of carbonyl (C=O) groups excluding carboxylic acids is 2. The van der Waals surface area contributed by atoms with Crippen LogP contribution in [0.25, 0.3) is 0 Å². The molecule has 4 nitrogen and oxygen atoms in total. The molecule has 0 aliphatic carbocycles. The lowest BCUT2D eigenvalue weighted by Gasteiger charge is -2.23. The summed E-state index contributed by atoms with van der Waals surface area (Å²) in [6.07, 6.45) is 0.991. The average molecular weight is 299 g/mol. The second-order valence-electron chi connectivity index (χ2n) is 4.81. The van der Waals surface area contributed by atoms with Gasteiger partial charge in [-0.1, -0.05) is 31.5 Å². The third-order valence-electron chi connectivity index (χ3n) is 3.83.